The first-order valence-electron chi connectivity index (χ1n) is 5.35. The van der Waals surface area contributed by atoms with Crippen LogP contribution in [0.5, 0.6) is 0 Å². The van der Waals surface area contributed by atoms with Crippen molar-refractivity contribution in [2.75, 3.05) is 5.73 Å². The maximum atomic E-state index is 13.4. The number of para-hydroxylation sites is 1. The van der Waals surface area contributed by atoms with Crippen LogP contribution in [0.25, 0.3) is 0 Å². The summed E-state index contributed by atoms with van der Waals surface area (Å²) in [7, 11) is 0. The van der Waals surface area contributed by atoms with Crippen molar-refractivity contribution in [2.24, 2.45) is 0 Å². The summed E-state index contributed by atoms with van der Waals surface area (Å²) < 4.78 is 26.6. The van der Waals surface area contributed by atoms with E-state index in [1.807, 2.05) is 0 Å². The first-order chi connectivity index (χ1) is 8.50. The van der Waals surface area contributed by atoms with Crippen LogP contribution in [0, 0.1) is 18.6 Å². The van der Waals surface area contributed by atoms with Crippen molar-refractivity contribution in [1.82, 2.24) is 0 Å². The number of benzene rings is 2. The topological polar surface area (TPSA) is 43.1 Å². The molecule has 0 fully saturated rings. The quantitative estimate of drug-likeness (QED) is 0.654. The molecular weight excluding hydrogens is 236 g/mol. The number of hydrogen-bond donors (Lipinski definition) is 1. The van der Waals surface area contributed by atoms with Crippen molar-refractivity contribution in [1.29, 1.82) is 0 Å². The van der Waals surface area contributed by atoms with Gasteiger partial charge in [0.15, 0.2) is 5.78 Å². The molecule has 0 radical (unpaired) electrons. The van der Waals surface area contributed by atoms with Gasteiger partial charge in [0.05, 0.1) is 5.69 Å². The van der Waals surface area contributed by atoms with E-state index in [1.165, 1.54) is 30.3 Å². The number of anilines is 1. The fourth-order valence-corrected chi connectivity index (χ4v) is 1.62. The minimum Gasteiger partial charge on any atom is -0.396 e. The third kappa shape index (κ3) is 2.09. The molecule has 0 bridgehead atoms. The molecule has 0 amide bonds. The van der Waals surface area contributed by atoms with E-state index in [0.717, 1.165) is 6.07 Å². The average molecular weight is 247 g/mol. The zero-order valence-corrected chi connectivity index (χ0v) is 9.71. The summed E-state index contributed by atoms with van der Waals surface area (Å²) in [5.74, 6) is -1.63. The molecule has 2 aromatic carbocycles. The van der Waals surface area contributed by atoms with Gasteiger partial charge in [-0.15, -0.1) is 0 Å². The maximum absolute atomic E-state index is 13.4. The van der Waals surface area contributed by atoms with E-state index in [1.54, 1.807) is 6.92 Å². The number of aryl methyl sites for hydroxylation is 1. The van der Waals surface area contributed by atoms with E-state index < -0.39 is 17.4 Å². The summed E-state index contributed by atoms with van der Waals surface area (Å²) in [5.41, 5.74) is 5.91. The predicted octanol–water partition coefficient (Wildman–Crippen LogP) is 3.09. The molecule has 2 nitrogen and oxygen atoms in total. The Morgan fingerprint density at radius 3 is 2.50 bits per heavy atom. The Bertz CT molecular complexity index is 623. The van der Waals surface area contributed by atoms with Crippen LogP contribution in [0.3, 0.4) is 0 Å². The second kappa shape index (κ2) is 4.56. The number of ketones is 1. The molecule has 0 aliphatic rings. The Labute approximate surface area is 103 Å². The summed E-state index contributed by atoms with van der Waals surface area (Å²) in [6.07, 6.45) is 0. The van der Waals surface area contributed by atoms with Crippen molar-refractivity contribution >= 4 is 11.5 Å². The third-order valence-electron chi connectivity index (χ3n) is 2.73. The number of halogens is 2. The van der Waals surface area contributed by atoms with Gasteiger partial charge in [0.2, 0.25) is 0 Å². The van der Waals surface area contributed by atoms with Crippen molar-refractivity contribution < 1.29 is 13.6 Å². The molecular formula is C14H11F2NO. The van der Waals surface area contributed by atoms with Gasteiger partial charge in [0.1, 0.15) is 11.6 Å². The standard InChI is InChI=1S/C14H11F2NO/c1-8-5-6-9(7-12(8)16)14(18)10-3-2-4-11(15)13(10)17/h2-7H,17H2,1H3. The molecule has 0 heterocycles. The molecule has 2 N–H and O–H groups in total. The molecule has 92 valence electrons. The van der Waals surface area contributed by atoms with E-state index in [-0.39, 0.29) is 16.8 Å². The highest BCUT2D eigenvalue weighted by Crippen LogP contribution is 2.20. The molecule has 0 spiro atoms. The second-order valence-corrected chi connectivity index (χ2v) is 3.99. The predicted molar refractivity (Wildman–Crippen MR) is 65.4 cm³/mol. The van der Waals surface area contributed by atoms with Gasteiger partial charge in [-0.25, -0.2) is 8.78 Å². The van der Waals surface area contributed by atoms with Crippen LogP contribution < -0.4 is 5.73 Å². The molecule has 0 aliphatic carbocycles. The van der Waals surface area contributed by atoms with Gasteiger partial charge in [0.25, 0.3) is 0 Å². The van der Waals surface area contributed by atoms with Crippen molar-refractivity contribution in [3.63, 3.8) is 0 Å². The van der Waals surface area contributed by atoms with Crippen LogP contribution in [0.1, 0.15) is 21.5 Å². The van der Waals surface area contributed by atoms with E-state index in [9.17, 15) is 13.6 Å². The van der Waals surface area contributed by atoms with Crippen LogP contribution in [0.2, 0.25) is 0 Å². The molecule has 2 rings (SSSR count). The van der Waals surface area contributed by atoms with E-state index in [4.69, 9.17) is 5.73 Å². The first kappa shape index (κ1) is 12.2. The molecule has 0 saturated carbocycles. The molecule has 18 heavy (non-hydrogen) atoms. The molecule has 0 saturated heterocycles. The summed E-state index contributed by atoms with van der Waals surface area (Å²) in [5, 5.41) is 0. The lowest BCUT2D eigenvalue weighted by Gasteiger charge is -2.06. The van der Waals surface area contributed by atoms with Crippen LogP contribution in [0.15, 0.2) is 36.4 Å². The van der Waals surface area contributed by atoms with E-state index in [2.05, 4.69) is 0 Å². The van der Waals surface area contributed by atoms with Gasteiger partial charge in [-0.1, -0.05) is 18.2 Å². The Hall–Kier alpha value is -2.23. The average Bonchev–Trinajstić information content (AvgIpc) is 2.35. The van der Waals surface area contributed by atoms with Crippen LogP contribution >= 0.6 is 0 Å². The zero-order chi connectivity index (χ0) is 13.3. The monoisotopic (exact) mass is 247 g/mol. The highest BCUT2D eigenvalue weighted by molar-refractivity contribution is 6.12. The van der Waals surface area contributed by atoms with Crippen molar-refractivity contribution in [3.8, 4) is 0 Å². The number of carbonyl (C=O) groups is 1. The normalized spacial score (nSPS) is 10.4. The lowest BCUT2D eigenvalue weighted by atomic mass is 10.0. The van der Waals surface area contributed by atoms with Crippen LogP contribution in [-0.2, 0) is 0 Å². The minimum absolute atomic E-state index is 0.0400. The fraction of sp³-hybridized carbons (Fsp3) is 0.0714. The molecule has 4 heteroatoms. The highest BCUT2D eigenvalue weighted by Gasteiger charge is 2.15. The number of nitrogens with two attached hydrogens (primary N) is 1. The van der Waals surface area contributed by atoms with Gasteiger partial charge in [0, 0.05) is 11.1 Å². The Balaban J connectivity index is 2.48. The minimum atomic E-state index is -0.659. The van der Waals surface area contributed by atoms with Gasteiger partial charge in [-0.2, -0.15) is 0 Å². The summed E-state index contributed by atoms with van der Waals surface area (Å²) in [6, 6.07) is 8.09. The van der Waals surface area contributed by atoms with Gasteiger partial charge < -0.3 is 5.73 Å². The lowest BCUT2D eigenvalue weighted by Crippen LogP contribution is -2.07. The summed E-state index contributed by atoms with van der Waals surface area (Å²) in [6.45, 7) is 1.60. The van der Waals surface area contributed by atoms with Crippen LogP contribution in [0.4, 0.5) is 14.5 Å². The van der Waals surface area contributed by atoms with Crippen molar-refractivity contribution in [3.05, 3.63) is 64.7 Å². The van der Waals surface area contributed by atoms with Gasteiger partial charge in [-0.05, 0) is 30.7 Å². The summed E-state index contributed by atoms with van der Waals surface area (Å²) >= 11 is 0. The molecule has 0 aliphatic heterocycles. The highest BCUT2D eigenvalue weighted by atomic mass is 19.1. The van der Waals surface area contributed by atoms with Gasteiger partial charge in [-0.3, -0.25) is 4.79 Å². The Morgan fingerprint density at radius 1 is 1.11 bits per heavy atom. The zero-order valence-electron chi connectivity index (χ0n) is 9.71. The van der Waals surface area contributed by atoms with Crippen molar-refractivity contribution in [2.45, 2.75) is 6.92 Å². The lowest BCUT2D eigenvalue weighted by molar-refractivity contribution is 0.103. The summed E-state index contributed by atoms with van der Waals surface area (Å²) in [4.78, 5) is 12.1. The molecule has 0 aromatic heterocycles. The SMILES string of the molecule is Cc1ccc(C(=O)c2cccc(F)c2N)cc1F. The smallest absolute Gasteiger partial charge is 0.195 e. The Kier molecular flexibility index (Phi) is 3.10. The second-order valence-electron chi connectivity index (χ2n) is 3.99. The number of hydrogen-bond acceptors (Lipinski definition) is 2. The molecule has 0 unspecified atom stereocenters. The van der Waals surface area contributed by atoms with E-state index >= 15 is 0 Å². The number of nitrogen functional groups attached to an aromatic ring is 1. The van der Waals surface area contributed by atoms with Crippen LogP contribution in [-0.4, -0.2) is 5.78 Å². The first-order valence-corrected chi connectivity index (χ1v) is 5.35. The van der Waals surface area contributed by atoms with E-state index in [0.29, 0.717) is 5.56 Å². The fourth-order valence-electron chi connectivity index (χ4n) is 1.62. The molecule has 0 atom stereocenters. The largest absolute Gasteiger partial charge is 0.396 e. The Morgan fingerprint density at radius 2 is 1.83 bits per heavy atom. The number of rotatable bonds is 2. The molecule has 2 aromatic rings. The number of carbonyl (C=O) groups excluding carboxylic acids is 1. The third-order valence-corrected chi connectivity index (χ3v) is 2.73. The van der Waals surface area contributed by atoms with Gasteiger partial charge >= 0.3 is 0 Å². The maximum Gasteiger partial charge on any atom is 0.195 e.